The van der Waals surface area contributed by atoms with Crippen molar-refractivity contribution in [3.05, 3.63) is 29.3 Å². The van der Waals surface area contributed by atoms with Gasteiger partial charge in [-0.25, -0.2) is 4.99 Å². The summed E-state index contributed by atoms with van der Waals surface area (Å²) in [5.41, 5.74) is 0.779. The molecule has 86 valence electrons. The van der Waals surface area contributed by atoms with Crippen molar-refractivity contribution in [3.63, 3.8) is 0 Å². The van der Waals surface area contributed by atoms with Gasteiger partial charge in [-0.2, -0.15) is 4.99 Å². The number of hydrogen-bond donors (Lipinski definition) is 0. The second-order valence-corrected chi connectivity index (χ2v) is 5.02. The zero-order valence-electron chi connectivity index (χ0n) is 9.94. The van der Waals surface area contributed by atoms with E-state index in [-0.39, 0.29) is 0 Å². The Bertz CT molecular complexity index is 401. The first kappa shape index (κ1) is 12.9. The molecule has 0 amide bonds. The summed E-state index contributed by atoms with van der Waals surface area (Å²) in [6, 6.07) is 10.0. The molecule has 0 radical (unpaired) electrons. The highest BCUT2D eigenvalue weighted by molar-refractivity contribution is 6.30. The van der Waals surface area contributed by atoms with Gasteiger partial charge in [-0.15, -0.1) is 0 Å². The number of quaternary nitrogens is 1. The molecule has 0 aliphatic carbocycles. The number of halogens is 1. The maximum atomic E-state index is 5.82. The summed E-state index contributed by atoms with van der Waals surface area (Å²) in [4.78, 5) is 8.18. The number of nitrogens with zero attached hydrogens (tertiary/aromatic N) is 3. The Hall–Kier alpha value is -1.15. The Kier molecular flexibility index (Phi) is 4.69. The Labute approximate surface area is 102 Å². The van der Waals surface area contributed by atoms with Crippen molar-refractivity contribution >= 4 is 23.3 Å². The van der Waals surface area contributed by atoms with Crippen LogP contribution in [0.15, 0.2) is 34.3 Å². The van der Waals surface area contributed by atoms with E-state index in [4.69, 9.17) is 11.6 Å². The van der Waals surface area contributed by atoms with E-state index in [0.29, 0.717) is 5.02 Å². The van der Waals surface area contributed by atoms with Crippen LogP contribution in [0.5, 0.6) is 0 Å². The van der Waals surface area contributed by atoms with Crippen LogP contribution in [0.1, 0.15) is 0 Å². The summed E-state index contributed by atoms with van der Waals surface area (Å²) < 4.78 is 0.891. The van der Waals surface area contributed by atoms with Crippen LogP contribution in [0, 0.1) is 0 Å². The second-order valence-electron chi connectivity index (χ2n) is 4.59. The number of aliphatic imine (C=N–C) groups is 2. The fraction of sp³-hybridized carbons (Fsp3) is 0.417. The van der Waals surface area contributed by atoms with E-state index in [2.05, 4.69) is 37.1 Å². The summed E-state index contributed by atoms with van der Waals surface area (Å²) in [6.07, 6.45) is 0. The maximum Gasteiger partial charge on any atom is 0.0990 e. The van der Waals surface area contributed by atoms with E-state index in [1.807, 2.05) is 18.2 Å². The van der Waals surface area contributed by atoms with Gasteiger partial charge in [0.25, 0.3) is 0 Å². The highest BCUT2D eigenvalue weighted by Gasteiger charge is 2.03. The molecule has 0 saturated carbocycles. The first-order valence-corrected chi connectivity index (χ1v) is 5.53. The third kappa shape index (κ3) is 5.66. The molecule has 3 nitrogen and oxygen atoms in total. The van der Waals surface area contributed by atoms with E-state index in [1.54, 1.807) is 6.07 Å². The van der Waals surface area contributed by atoms with E-state index >= 15 is 0 Å². The number of rotatable bonds is 4. The topological polar surface area (TPSA) is 24.7 Å². The fourth-order valence-electron chi connectivity index (χ4n) is 1.04. The van der Waals surface area contributed by atoms with Crippen molar-refractivity contribution in [2.24, 2.45) is 9.98 Å². The Morgan fingerprint density at radius 1 is 1.31 bits per heavy atom. The highest BCUT2D eigenvalue weighted by atomic mass is 35.5. The molecule has 0 heterocycles. The zero-order valence-corrected chi connectivity index (χ0v) is 10.7. The first-order chi connectivity index (χ1) is 7.47. The molecule has 16 heavy (non-hydrogen) atoms. The van der Waals surface area contributed by atoms with Crippen LogP contribution in [0.3, 0.4) is 0 Å². The third-order valence-electron chi connectivity index (χ3n) is 1.94. The van der Waals surface area contributed by atoms with Gasteiger partial charge in [0.05, 0.1) is 45.9 Å². The lowest BCUT2D eigenvalue weighted by atomic mass is 10.3. The van der Waals surface area contributed by atoms with Crippen molar-refractivity contribution in [2.75, 3.05) is 34.2 Å². The number of likely N-dealkylation sites (N-methyl/N-ethyl adjacent to an activating group) is 1. The van der Waals surface area contributed by atoms with Crippen LogP contribution < -0.4 is 0 Å². The van der Waals surface area contributed by atoms with Crippen molar-refractivity contribution in [1.82, 2.24) is 0 Å². The summed E-state index contributed by atoms with van der Waals surface area (Å²) in [5.74, 6) is 0. The Morgan fingerprint density at radius 2 is 2.06 bits per heavy atom. The van der Waals surface area contributed by atoms with E-state index in [0.717, 1.165) is 23.3 Å². The fourth-order valence-corrected chi connectivity index (χ4v) is 1.22. The van der Waals surface area contributed by atoms with E-state index < -0.39 is 0 Å². The molecule has 0 spiro atoms. The number of hydrogen-bond acceptors (Lipinski definition) is 2. The van der Waals surface area contributed by atoms with Gasteiger partial charge < -0.3 is 4.48 Å². The molecular weight excluding hydrogens is 222 g/mol. The molecule has 0 aromatic heterocycles. The predicted molar refractivity (Wildman–Crippen MR) is 68.7 cm³/mol. The van der Waals surface area contributed by atoms with E-state index in [9.17, 15) is 0 Å². The van der Waals surface area contributed by atoms with Crippen LogP contribution in [-0.2, 0) is 0 Å². The highest BCUT2D eigenvalue weighted by Crippen LogP contribution is 2.16. The summed E-state index contributed by atoms with van der Waals surface area (Å²) in [6.45, 7) is 1.70. The summed E-state index contributed by atoms with van der Waals surface area (Å²) in [5, 5.41) is 0.675. The van der Waals surface area contributed by atoms with Crippen molar-refractivity contribution in [3.8, 4) is 0 Å². The molecule has 0 N–H and O–H groups in total. The normalized spacial score (nSPS) is 10.8. The first-order valence-electron chi connectivity index (χ1n) is 5.16. The smallest absolute Gasteiger partial charge is 0.0990 e. The van der Waals surface area contributed by atoms with Crippen LogP contribution in [0.2, 0.25) is 5.02 Å². The molecule has 0 unspecified atom stereocenters. The molecule has 0 saturated heterocycles. The largest absolute Gasteiger partial charge is 0.329 e. The van der Waals surface area contributed by atoms with Gasteiger partial charge in [0.15, 0.2) is 0 Å². The molecular formula is C12H17ClN3+. The molecule has 0 aliphatic rings. The molecule has 0 atom stereocenters. The minimum atomic E-state index is 0.675. The average molecular weight is 239 g/mol. The molecule has 1 aromatic rings. The Balaban J connectivity index is 2.51. The van der Waals surface area contributed by atoms with Crippen molar-refractivity contribution < 1.29 is 4.48 Å². The van der Waals surface area contributed by atoms with Crippen molar-refractivity contribution in [2.45, 2.75) is 0 Å². The number of benzene rings is 1. The van der Waals surface area contributed by atoms with Crippen LogP contribution in [0.4, 0.5) is 5.69 Å². The Morgan fingerprint density at radius 3 is 2.69 bits per heavy atom. The van der Waals surface area contributed by atoms with Gasteiger partial charge in [0, 0.05) is 5.02 Å². The molecule has 0 fully saturated rings. The van der Waals surface area contributed by atoms with Gasteiger partial charge in [0.1, 0.15) is 0 Å². The summed E-state index contributed by atoms with van der Waals surface area (Å²) in [7, 11) is 6.39. The van der Waals surface area contributed by atoms with Gasteiger partial charge in [0.2, 0.25) is 0 Å². The van der Waals surface area contributed by atoms with Crippen LogP contribution >= 0.6 is 11.6 Å². The monoisotopic (exact) mass is 238 g/mol. The lowest BCUT2D eigenvalue weighted by molar-refractivity contribution is -0.868. The lowest BCUT2D eigenvalue weighted by Crippen LogP contribution is -2.36. The van der Waals surface area contributed by atoms with Crippen LogP contribution in [-0.4, -0.2) is 44.7 Å². The maximum absolute atomic E-state index is 5.82. The second kappa shape index (κ2) is 5.80. The quantitative estimate of drug-likeness (QED) is 0.569. The molecule has 1 aromatic carbocycles. The molecule has 0 bridgehead atoms. The van der Waals surface area contributed by atoms with Gasteiger partial charge in [-0.3, -0.25) is 0 Å². The zero-order chi connectivity index (χ0) is 12.0. The lowest BCUT2D eigenvalue weighted by Gasteiger charge is -2.22. The van der Waals surface area contributed by atoms with Crippen LogP contribution in [0.25, 0.3) is 0 Å². The SMILES string of the molecule is C[N+](C)(C)CCN=C=Nc1cccc(Cl)c1. The van der Waals surface area contributed by atoms with Gasteiger partial charge in [-0.1, -0.05) is 17.7 Å². The third-order valence-corrected chi connectivity index (χ3v) is 2.18. The van der Waals surface area contributed by atoms with Gasteiger partial charge in [-0.05, 0) is 18.2 Å². The molecule has 4 heteroatoms. The average Bonchev–Trinajstić information content (AvgIpc) is 2.15. The summed E-state index contributed by atoms with van der Waals surface area (Å²) >= 11 is 5.82. The standard InChI is InChI=1S/C12H17ClN3/c1-16(2,3)8-7-14-10-15-12-6-4-5-11(13)9-12/h4-6,9H,7-8H2,1-3H3/q+1. The molecule has 1 rings (SSSR count). The van der Waals surface area contributed by atoms with Gasteiger partial charge >= 0.3 is 0 Å². The van der Waals surface area contributed by atoms with E-state index in [1.165, 1.54) is 0 Å². The molecule has 0 aliphatic heterocycles. The minimum absolute atomic E-state index is 0.675. The predicted octanol–water partition coefficient (Wildman–Crippen LogP) is 2.85. The van der Waals surface area contributed by atoms with Crippen molar-refractivity contribution in [1.29, 1.82) is 0 Å². The minimum Gasteiger partial charge on any atom is -0.329 e.